The molecule has 168 valence electrons. The second-order valence-electron chi connectivity index (χ2n) is 7.61. The molecule has 0 aliphatic rings. The lowest BCUT2D eigenvalue weighted by atomic mass is 10.0. The molecule has 1 heterocycles. The number of benzene rings is 3. The van der Waals surface area contributed by atoms with E-state index in [1.54, 1.807) is 18.9 Å². The average molecular weight is 442 g/mol. The maximum absolute atomic E-state index is 13.6. The van der Waals surface area contributed by atoms with Crippen molar-refractivity contribution in [2.45, 2.75) is 20.3 Å². The van der Waals surface area contributed by atoms with E-state index in [0.29, 0.717) is 22.7 Å². The number of rotatable bonds is 7. The molecular formula is C27H27N3O3. The number of para-hydroxylation sites is 1. The van der Waals surface area contributed by atoms with E-state index in [1.807, 2.05) is 73.7 Å². The van der Waals surface area contributed by atoms with Crippen LogP contribution in [0.3, 0.4) is 0 Å². The first-order valence-corrected chi connectivity index (χ1v) is 10.8. The molecule has 0 aliphatic heterocycles. The SMILES string of the molecule is CCc1ccccc1N=C(C)c1c(-c2ccc(OC)cc2)[nH]n(-c2ccc(OC)cc2)c1=O. The van der Waals surface area contributed by atoms with Crippen LogP contribution in [0.25, 0.3) is 16.9 Å². The largest absolute Gasteiger partial charge is 0.497 e. The van der Waals surface area contributed by atoms with Crippen LogP contribution in [0.4, 0.5) is 5.69 Å². The predicted molar refractivity (Wildman–Crippen MR) is 133 cm³/mol. The molecular weight excluding hydrogens is 414 g/mol. The van der Waals surface area contributed by atoms with E-state index in [2.05, 4.69) is 18.1 Å². The zero-order chi connectivity index (χ0) is 23.4. The van der Waals surface area contributed by atoms with Gasteiger partial charge in [-0.3, -0.25) is 14.9 Å². The summed E-state index contributed by atoms with van der Waals surface area (Å²) in [5, 5.41) is 3.29. The van der Waals surface area contributed by atoms with Crippen LogP contribution in [0.15, 0.2) is 82.6 Å². The van der Waals surface area contributed by atoms with Gasteiger partial charge in [-0.15, -0.1) is 0 Å². The Kier molecular flexibility index (Phi) is 6.45. The summed E-state index contributed by atoms with van der Waals surface area (Å²) >= 11 is 0. The van der Waals surface area contributed by atoms with Gasteiger partial charge in [0.2, 0.25) is 0 Å². The zero-order valence-corrected chi connectivity index (χ0v) is 19.3. The van der Waals surface area contributed by atoms with Crippen molar-refractivity contribution in [3.05, 3.63) is 94.3 Å². The summed E-state index contributed by atoms with van der Waals surface area (Å²) in [4.78, 5) is 18.5. The van der Waals surface area contributed by atoms with Crippen LogP contribution in [0.1, 0.15) is 25.0 Å². The Morgan fingerprint density at radius 3 is 2.12 bits per heavy atom. The number of H-pyrrole nitrogens is 1. The van der Waals surface area contributed by atoms with Crippen LogP contribution in [0.2, 0.25) is 0 Å². The quantitative estimate of drug-likeness (QED) is 0.382. The monoisotopic (exact) mass is 441 g/mol. The molecule has 33 heavy (non-hydrogen) atoms. The number of aliphatic imine (C=N–C) groups is 1. The van der Waals surface area contributed by atoms with E-state index in [9.17, 15) is 4.79 Å². The third-order valence-corrected chi connectivity index (χ3v) is 5.62. The number of aryl methyl sites for hydroxylation is 1. The smallest absolute Gasteiger partial charge is 0.280 e. The minimum atomic E-state index is -0.166. The fourth-order valence-corrected chi connectivity index (χ4v) is 3.81. The van der Waals surface area contributed by atoms with Crippen molar-refractivity contribution >= 4 is 11.4 Å². The first-order chi connectivity index (χ1) is 16.0. The Morgan fingerprint density at radius 2 is 1.52 bits per heavy atom. The average Bonchev–Trinajstić information content (AvgIpc) is 3.21. The third-order valence-electron chi connectivity index (χ3n) is 5.62. The number of ether oxygens (including phenoxy) is 2. The van der Waals surface area contributed by atoms with Gasteiger partial charge >= 0.3 is 0 Å². The van der Waals surface area contributed by atoms with Crippen LogP contribution in [0.5, 0.6) is 11.5 Å². The molecule has 0 unspecified atom stereocenters. The Balaban J connectivity index is 1.90. The highest BCUT2D eigenvalue weighted by molar-refractivity contribution is 6.05. The molecule has 1 aromatic heterocycles. The van der Waals surface area contributed by atoms with Gasteiger partial charge in [0, 0.05) is 5.56 Å². The minimum Gasteiger partial charge on any atom is -0.497 e. The van der Waals surface area contributed by atoms with Gasteiger partial charge in [0.25, 0.3) is 5.56 Å². The van der Waals surface area contributed by atoms with Crippen LogP contribution >= 0.6 is 0 Å². The van der Waals surface area contributed by atoms with Crippen LogP contribution < -0.4 is 15.0 Å². The lowest BCUT2D eigenvalue weighted by Gasteiger charge is -2.06. The maximum atomic E-state index is 13.6. The van der Waals surface area contributed by atoms with E-state index >= 15 is 0 Å². The summed E-state index contributed by atoms with van der Waals surface area (Å²) in [6, 6.07) is 23.0. The zero-order valence-electron chi connectivity index (χ0n) is 19.3. The predicted octanol–water partition coefficient (Wildman–Crippen LogP) is 5.55. The van der Waals surface area contributed by atoms with E-state index in [4.69, 9.17) is 14.5 Å². The molecule has 0 atom stereocenters. The van der Waals surface area contributed by atoms with Crippen molar-refractivity contribution in [3.8, 4) is 28.4 Å². The number of hydrogen-bond acceptors (Lipinski definition) is 4. The summed E-state index contributed by atoms with van der Waals surface area (Å²) in [6.45, 7) is 3.97. The van der Waals surface area contributed by atoms with Gasteiger partial charge in [-0.25, -0.2) is 4.68 Å². The first-order valence-electron chi connectivity index (χ1n) is 10.8. The molecule has 0 fully saturated rings. The summed E-state index contributed by atoms with van der Waals surface area (Å²) in [5.74, 6) is 1.47. The second-order valence-corrected chi connectivity index (χ2v) is 7.61. The Bertz CT molecular complexity index is 1330. The number of hydrogen-bond donors (Lipinski definition) is 1. The van der Waals surface area contributed by atoms with Crippen molar-refractivity contribution in [1.29, 1.82) is 0 Å². The molecule has 4 aromatic rings. The summed E-state index contributed by atoms with van der Waals surface area (Å²) < 4.78 is 12.1. The Hall–Kier alpha value is -4.06. The lowest BCUT2D eigenvalue weighted by molar-refractivity contribution is 0.414. The Morgan fingerprint density at radius 1 is 0.909 bits per heavy atom. The number of nitrogens with zero attached hydrogens (tertiary/aromatic N) is 2. The van der Waals surface area contributed by atoms with E-state index < -0.39 is 0 Å². The minimum absolute atomic E-state index is 0.166. The highest BCUT2D eigenvalue weighted by atomic mass is 16.5. The van der Waals surface area contributed by atoms with Crippen molar-refractivity contribution in [2.24, 2.45) is 4.99 Å². The number of nitrogens with one attached hydrogen (secondary N) is 1. The van der Waals surface area contributed by atoms with Crippen molar-refractivity contribution in [3.63, 3.8) is 0 Å². The molecule has 0 spiro atoms. The van der Waals surface area contributed by atoms with Crippen LogP contribution in [0, 0.1) is 0 Å². The number of methoxy groups -OCH3 is 2. The van der Waals surface area contributed by atoms with E-state index in [1.165, 1.54) is 0 Å². The van der Waals surface area contributed by atoms with E-state index in [-0.39, 0.29) is 5.56 Å². The summed E-state index contributed by atoms with van der Waals surface area (Å²) in [7, 11) is 3.24. The highest BCUT2D eigenvalue weighted by Crippen LogP contribution is 2.26. The van der Waals surface area contributed by atoms with Gasteiger partial charge in [-0.05, 0) is 73.5 Å². The maximum Gasteiger partial charge on any atom is 0.280 e. The molecule has 0 saturated heterocycles. The van der Waals surface area contributed by atoms with Crippen LogP contribution in [-0.2, 0) is 6.42 Å². The molecule has 6 nitrogen and oxygen atoms in total. The molecule has 0 aliphatic carbocycles. The first kappa shape index (κ1) is 22.1. The van der Waals surface area contributed by atoms with Gasteiger partial charge in [0.1, 0.15) is 11.5 Å². The third kappa shape index (κ3) is 4.46. The molecule has 0 amide bonds. The van der Waals surface area contributed by atoms with Crippen LogP contribution in [-0.4, -0.2) is 29.7 Å². The number of aromatic amines is 1. The number of aromatic nitrogens is 2. The molecule has 4 rings (SSSR count). The fourth-order valence-electron chi connectivity index (χ4n) is 3.81. The highest BCUT2D eigenvalue weighted by Gasteiger charge is 2.20. The fraction of sp³-hybridized carbons (Fsp3) is 0.185. The molecule has 6 heteroatoms. The van der Waals surface area contributed by atoms with Crippen molar-refractivity contribution in [2.75, 3.05) is 14.2 Å². The van der Waals surface area contributed by atoms with Crippen molar-refractivity contribution < 1.29 is 9.47 Å². The standard InChI is InChI=1S/C27H27N3O3/c1-5-19-8-6-7-9-24(19)28-18(2)25-26(20-10-14-22(32-3)15-11-20)29-30(27(25)31)21-12-16-23(33-4)17-13-21/h6-17,29H,5H2,1-4H3. The summed E-state index contributed by atoms with van der Waals surface area (Å²) in [5.41, 5.74) is 5.30. The second kappa shape index (κ2) is 9.61. The van der Waals surface area contributed by atoms with Gasteiger partial charge in [-0.1, -0.05) is 25.1 Å². The normalized spacial score (nSPS) is 11.5. The van der Waals surface area contributed by atoms with Gasteiger partial charge in [0.15, 0.2) is 0 Å². The van der Waals surface area contributed by atoms with Gasteiger partial charge in [0.05, 0.1) is 42.6 Å². The topological polar surface area (TPSA) is 68.6 Å². The molecule has 0 saturated carbocycles. The van der Waals surface area contributed by atoms with Gasteiger partial charge in [-0.2, -0.15) is 0 Å². The lowest BCUT2D eigenvalue weighted by Crippen LogP contribution is -2.19. The molecule has 3 aromatic carbocycles. The molecule has 0 bridgehead atoms. The van der Waals surface area contributed by atoms with E-state index in [0.717, 1.165) is 34.7 Å². The Labute approximate surface area is 193 Å². The van der Waals surface area contributed by atoms with Crippen molar-refractivity contribution in [1.82, 2.24) is 9.78 Å². The molecule has 0 radical (unpaired) electrons. The summed E-state index contributed by atoms with van der Waals surface area (Å²) in [6.07, 6.45) is 0.863. The van der Waals surface area contributed by atoms with Gasteiger partial charge < -0.3 is 9.47 Å². The molecule has 1 N–H and O–H groups in total.